The van der Waals surface area contributed by atoms with E-state index in [2.05, 4.69) is 27.7 Å². The average molecular weight is 170 g/mol. The standard InChI is InChI=1S/C11H22O/c1-5-9-6-7-11(3,4)10(12)8(9)2/h8-10,12H,5-7H2,1-4H3/t8?,9?,10-/m1/s1. The molecule has 1 nitrogen and oxygen atoms in total. The molecule has 0 aromatic carbocycles. The fourth-order valence-electron chi connectivity index (χ4n) is 2.51. The first-order valence-electron chi connectivity index (χ1n) is 5.17. The highest BCUT2D eigenvalue weighted by molar-refractivity contribution is 4.89. The van der Waals surface area contributed by atoms with Crippen molar-refractivity contribution in [2.24, 2.45) is 17.3 Å². The summed E-state index contributed by atoms with van der Waals surface area (Å²) in [5, 5.41) is 10.0. The molecular formula is C11H22O. The van der Waals surface area contributed by atoms with Gasteiger partial charge < -0.3 is 5.11 Å². The van der Waals surface area contributed by atoms with Crippen molar-refractivity contribution in [1.29, 1.82) is 0 Å². The van der Waals surface area contributed by atoms with Gasteiger partial charge in [0, 0.05) is 0 Å². The average Bonchev–Trinajstić information content (AvgIpc) is 2.01. The van der Waals surface area contributed by atoms with Crippen LogP contribution in [0.3, 0.4) is 0 Å². The van der Waals surface area contributed by atoms with E-state index < -0.39 is 0 Å². The largest absolute Gasteiger partial charge is 0.392 e. The van der Waals surface area contributed by atoms with Crippen LogP contribution in [0.5, 0.6) is 0 Å². The van der Waals surface area contributed by atoms with Crippen molar-refractivity contribution in [1.82, 2.24) is 0 Å². The SMILES string of the molecule is CCC1CCC(C)(C)[C@H](O)C1C. The summed E-state index contributed by atoms with van der Waals surface area (Å²) in [6, 6.07) is 0. The normalized spacial score (nSPS) is 41.2. The zero-order chi connectivity index (χ0) is 9.35. The van der Waals surface area contributed by atoms with Gasteiger partial charge in [0.15, 0.2) is 0 Å². The fraction of sp³-hybridized carbons (Fsp3) is 1.00. The van der Waals surface area contributed by atoms with Crippen LogP contribution in [0, 0.1) is 17.3 Å². The molecule has 2 unspecified atom stereocenters. The Morgan fingerprint density at radius 2 is 2.00 bits per heavy atom. The molecule has 0 bridgehead atoms. The Kier molecular flexibility index (Phi) is 2.82. The van der Waals surface area contributed by atoms with Gasteiger partial charge in [-0.25, -0.2) is 0 Å². The van der Waals surface area contributed by atoms with Crippen molar-refractivity contribution in [2.45, 2.75) is 53.1 Å². The molecule has 1 fully saturated rings. The molecule has 1 N–H and O–H groups in total. The second kappa shape index (κ2) is 3.37. The Hall–Kier alpha value is -0.0400. The lowest BCUT2D eigenvalue weighted by atomic mass is 9.65. The van der Waals surface area contributed by atoms with Crippen LogP contribution in [0.15, 0.2) is 0 Å². The molecule has 0 aromatic heterocycles. The van der Waals surface area contributed by atoms with E-state index in [4.69, 9.17) is 0 Å². The van der Waals surface area contributed by atoms with Crippen molar-refractivity contribution in [3.05, 3.63) is 0 Å². The van der Waals surface area contributed by atoms with Crippen LogP contribution in [0.2, 0.25) is 0 Å². The van der Waals surface area contributed by atoms with Gasteiger partial charge in [-0.3, -0.25) is 0 Å². The van der Waals surface area contributed by atoms with Gasteiger partial charge in [-0.2, -0.15) is 0 Å². The maximum absolute atomic E-state index is 10.0. The molecule has 12 heavy (non-hydrogen) atoms. The van der Waals surface area contributed by atoms with E-state index in [1.165, 1.54) is 19.3 Å². The molecule has 0 aromatic rings. The summed E-state index contributed by atoms with van der Waals surface area (Å²) in [6.07, 6.45) is 3.59. The van der Waals surface area contributed by atoms with E-state index >= 15 is 0 Å². The summed E-state index contributed by atoms with van der Waals surface area (Å²) >= 11 is 0. The first-order chi connectivity index (χ1) is 5.49. The zero-order valence-corrected chi connectivity index (χ0v) is 8.80. The lowest BCUT2D eigenvalue weighted by Gasteiger charge is -2.43. The molecule has 0 amide bonds. The summed E-state index contributed by atoms with van der Waals surface area (Å²) in [5.74, 6) is 1.23. The van der Waals surface area contributed by atoms with Crippen LogP contribution in [0.4, 0.5) is 0 Å². The molecule has 3 atom stereocenters. The quantitative estimate of drug-likeness (QED) is 0.641. The molecule has 0 spiro atoms. The number of rotatable bonds is 1. The molecule has 0 saturated heterocycles. The third-order valence-corrected chi connectivity index (χ3v) is 3.73. The van der Waals surface area contributed by atoms with Crippen LogP contribution in [0.25, 0.3) is 0 Å². The van der Waals surface area contributed by atoms with Gasteiger partial charge in [-0.15, -0.1) is 0 Å². The van der Waals surface area contributed by atoms with Crippen LogP contribution in [0.1, 0.15) is 47.0 Å². The van der Waals surface area contributed by atoms with E-state index in [0.717, 1.165) is 5.92 Å². The van der Waals surface area contributed by atoms with E-state index in [0.29, 0.717) is 5.92 Å². The Balaban J connectivity index is 2.65. The molecule has 0 heterocycles. The van der Waals surface area contributed by atoms with Crippen molar-refractivity contribution >= 4 is 0 Å². The minimum Gasteiger partial charge on any atom is -0.392 e. The van der Waals surface area contributed by atoms with Gasteiger partial charge in [0.05, 0.1) is 6.10 Å². The van der Waals surface area contributed by atoms with Crippen LogP contribution in [-0.2, 0) is 0 Å². The zero-order valence-electron chi connectivity index (χ0n) is 8.80. The molecule has 1 aliphatic rings. The fourth-order valence-corrected chi connectivity index (χ4v) is 2.51. The number of aliphatic hydroxyl groups excluding tert-OH is 1. The first kappa shape index (κ1) is 10.0. The summed E-state index contributed by atoms with van der Waals surface area (Å²) in [6.45, 7) is 8.78. The Morgan fingerprint density at radius 1 is 1.42 bits per heavy atom. The smallest absolute Gasteiger partial charge is 0.0619 e. The van der Waals surface area contributed by atoms with Gasteiger partial charge in [-0.1, -0.05) is 34.1 Å². The van der Waals surface area contributed by atoms with Gasteiger partial charge in [0.25, 0.3) is 0 Å². The van der Waals surface area contributed by atoms with E-state index in [9.17, 15) is 5.11 Å². The third kappa shape index (κ3) is 1.66. The van der Waals surface area contributed by atoms with Crippen molar-refractivity contribution in [2.75, 3.05) is 0 Å². The maximum atomic E-state index is 10.0. The van der Waals surface area contributed by atoms with Crippen molar-refractivity contribution in [3.63, 3.8) is 0 Å². The number of hydrogen-bond acceptors (Lipinski definition) is 1. The summed E-state index contributed by atoms with van der Waals surface area (Å²) in [5.41, 5.74) is 0.144. The van der Waals surface area contributed by atoms with Crippen molar-refractivity contribution < 1.29 is 5.11 Å². The number of hydrogen-bond donors (Lipinski definition) is 1. The van der Waals surface area contributed by atoms with Crippen molar-refractivity contribution in [3.8, 4) is 0 Å². The highest BCUT2D eigenvalue weighted by Gasteiger charge is 2.39. The highest BCUT2D eigenvalue weighted by Crippen LogP contribution is 2.42. The molecule has 72 valence electrons. The maximum Gasteiger partial charge on any atom is 0.0619 e. The minimum atomic E-state index is -0.101. The second-order valence-electron chi connectivity index (χ2n) is 5.00. The lowest BCUT2D eigenvalue weighted by molar-refractivity contribution is -0.0531. The van der Waals surface area contributed by atoms with Crippen LogP contribution >= 0.6 is 0 Å². The molecular weight excluding hydrogens is 148 g/mol. The van der Waals surface area contributed by atoms with Gasteiger partial charge >= 0.3 is 0 Å². The third-order valence-electron chi connectivity index (χ3n) is 3.73. The van der Waals surface area contributed by atoms with Crippen LogP contribution < -0.4 is 0 Å². The summed E-state index contributed by atoms with van der Waals surface area (Å²) < 4.78 is 0. The van der Waals surface area contributed by atoms with Gasteiger partial charge in [0.2, 0.25) is 0 Å². The van der Waals surface area contributed by atoms with E-state index in [-0.39, 0.29) is 11.5 Å². The topological polar surface area (TPSA) is 20.2 Å². The van der Waals surface area contributed by atoms with E-state index in [1.54, 1.807) is 0 Å². The van der Waals surface area contributed by atoms with Crippen LogP contribution in [-0.4, -0.2) is 11.2 Å². The second-order valence-corrected chi connectivity index (χ2v) is 5.00. The Labute approximate surface area is 76.2 Å². The van der Waals surface area contributed by atoms with Gasteiger partial charge in [-0.05, 0) is 30.1 Å². The molecule has 1 heteroatoms. The minimum absolute atomic E-state index is 0.101. The predicted molar refractivity (Wildman–Crippen MR) is 52.0 cm³/mol. The Bertz CT molecular complexity index is 151. The molecule has 0 radical (unpaired) electrons. The van der Waals surface area contributed by atoms with E-state index in [1.807, 2.05) is 0 Å². The monoisotopic (exact) mass is 170 g/mol. The molecule has 1 saturated carbocycles. The van der Waals surface area contributed by atoms with Gasteiger partial charge in [0.1, 0.15) is 0 Å². The Morgan fingerprint density at radius 3 is 2.50 bits per heavy atom. The number of aliphatic hydroxyl groups is 1. The highest BCUT2D eigenvalue weighted by atomic mass is 16.3. The molecule has 1 rings (SSSR count). The summed E-state index contributed by atoms with van der Waals surface area (Å²) in [7, 11) is 0. The molecule has 0 aliphatic heterocycles. The molecule has 1 aliphatic carbocycles. The summed E-state index contributed by atoms with van der Waals surface area (Å²) in [4.78, 5) is 0. The first-order valence-corrected chi connectivity index (χ1v) is 5.17. The lowest BCUT2D eigenvalue weighted by Crippen LogP contribution is -2.42. The predicted octanol–water partition coefficient (Wildman–Crippen LogP) is 2.83.